The number of nitrogens with zero attached hydrogens (tertiary/aromatic N) is 2. The molecule has 180 valence electrons. The SMILES string of the molecule is CCNC1CCCC(O)(c2ncn(C(c3ccccc3)(c3ccccc3)c3ccccc3)c2C)C1. The molecule has 4 nitrogen and oxygen atoms in total. The van der Waals surface area contributed by atoms with Crippen LogP contribution in [0.3, 0.4) is 0 Å². The summed E-state index contributed by atoms with van der Waals surface area (Å²) < 4.78 is 2.27. The van der Waals surface area contributed by atoms with E-state index in [-0.39, 0.29) is 0 Å². The van der Waals surface area contributed by atoms with Gasteiger partial charge in [0.25, 0.3) is 0 Å². The predicted octanol–water partition coefficient (Wildman–Crippen LogP) is 5.77. The Morgan fingerprint density at radius 1 is 0.914 bits per heavy atom. The molecule has 0 radical (unpaired) electrons. The van der Waals surface area contributed by atoms with Crippen LogP contribution in [0, 0.1) is 6.92 Å². The van der Waals surface area contributed by atoms with Crippen LogP contribution in [0.25, 0.3) is 0 Å². The molecule has 1 heterocycles. The summed E-state index contributed by atoms with van der Waals surface area (Å²) in [5.41, 5.74) is 3.72. The van der Waals surface area contributed by atoms with E-state index in [0.717, 1.165) is 53.9 Å². The molecule has 3 aromatic carbocycles. The first-order chi connectivity index (χ1) is 17.1. The number of hydrogen-bond acceptors (Lipinski definition) is 3. The van der Waals surface area contributed by atoms with Crippen molar-refractivity contribution in [1.29, 1.82) is 0 Å². The lowest BCUT2D eigenvalue weighted by atomic mass is 9.76. The zero-order chi connectivity index (χ0) is 24.3. The van der Waals surface area contributed by atoms with Crippen molar-refractivity contribution >= 4 is 0 Å². The van der Waals surface area contributed by atoms with E-state index in [1.54, 1.807) is 0 Å². The molecule has 1 aromatic heterocycles. The van der Waals surface area contributed by atoms with Crippen LogP contribution in [-0.4, -0.2) is 27.2 Å². The molecule has 1 fully saturated rings. The van der Waals surface area contributed by atoms with Gasteiger partial charge in [-0.25, -0.2) is 4.98 Å². The van der Waals surface area contributed by atoms with Crippen LogP contribution in [0.4, 0.5) is 0 Å². The van der Waals surface area contributed by atoms with Crippen LogP contribution in [0.15, 0.2) is 97.3 Å². The molecule has 4 aromatic rings. The van der Waals surface area contributed by atoms with E-state index in [0.29, 0.717) is 12.5 Å². The Labute approximate surface area is 208 Å². The highest BCUT2D eigenvalue weighted by atomic mass is 16.3. The second-order valence-electron chi connectivity index (χ2n) is 9.74. The number of benzene rings is 3. The molecular weight excluding hydrogens is 430 g/mol. The van der Waals surface area contributed by atoms with Gasteiger partial charge in [-0.3, -0.25) is 0 Å². The largest absolute Gasteiger partial charge is 0.383 e. The number of nitrogens with one attached hydrogen (secondary N) is 1. The van der Waals surface area contributed by atoms with E-state index in [1.807, 2.05) is 6.33 Å². The lowest BCUT2D eigenvalue weighted by Gasteiger charge is -2.39. The molecule has 0 aliphatic heterocycles. The molecule has 0 bridgehead atoms. The standard InChI is InChI=1S/C31H35N3O/c1-3-32-28-20-13-21-30(35,22-28)29-24(2)34(23-33-29)31(25-14-7-4-8-15-25,26-16-9-5-10-17-26)27-18-11-6-12-19-27/h4-12,14-19,23,28,32,35H,3,13,20-22H2,1-2H3. The summed E-state index contributed by atoms with van der Waals surface area (Å²) >= 11 is 0. The molecule has 1 aliphatic rings. The lowest BCUT2D eigenvalue weighted by Crippen LogP contribution is -2.43. The second kappa shape index (κ2) is 9.80. The van der Waals surface area contributed by atoms with Gasteiger partial charge in [0.15, 0.2) is 0 Å². The van der Waals surface area contributed by atoms with E-state index < -0.39 is 11.1 Å². The zero-order valence-corrected chi connectivity index (χ0v) is 20.7. The maximum Gasteiger partial charge on any atom is 0.121 e. The van der Waals surface area contributed by atoms with E-state index in [1.165, 1.54) is 0 Å². The topological polar surface area (TPSA) is 50.1 Å². The molecule has 1 aliphatic carbocycles. The maximum atomic E-state index is 11.9. The second-order valence-corrected chi connectivity index (χ2v) is 9.74. The van der Waals surface area contributed by atoms with Crippen molar-refractivity contribution in [2.75, 3.05) is 6.54 Å². The molecule has 1 saturated carbocycles. The molecule has 4 heteroatoms. The number of imidazole rings is 1. The quantitative estimate of drug-likeness (QED) is 0.341. The van der Waals surface area contributed by atoms with E-state index >= 15 is 0 Å². The molecule has 2 atom stereocenters. The van der Waals surface area contributed by atoms with Gasteiger partial charge in [-0.2, -0.15) is 0 Å². The van der Waals surface area contributed by atoms with Crippen molar-refractivity contribution in [1.82, 2.24) is 14.9 Å². The Bertz CT molecular complexity index is 1140. The van der Waals surface area contributed by atoms with Gasteiger partial charge in [0, 0.05) is 11.7 Å². The third-order valence-electron chi connectivity index (χ3n) is 7.60. The number of aromatic nitrogens is 2. The maximum absolute atomic E-state index is 11.9. The summed E-state index contributed by atoms with van der Waals surface area (Å²) in [4.78, 5) is 4.93. The Balaban J connectivity index is 1.75. The van der Waals surface area contributed by atoms with Gasteiger partial charge < -0.3 is 15.0 Å². The minimum absolute atomic E-state index is 0.311. The van der Waals surface area contributed by atoms with Gasteiger partial charge in [0.1, 0.15) is 11.1 Å². The van der Waals surface area contributed by atoms with Crippen molar-refractivity contribution in [3.63, 3.8) is 0 Å². The highest BCUT2D eigenvalue weighted by molar-refractivity contribution is 5.51. The monoisotopic (exact) mass is 465 g/mol. The van der Waals surface area contributed by atoms with Crippen molar-refractivity contribution in [2.24, 2.45) is 0 Å². The lowest BCUT2D eigenvalue weighted by molar-refractivity contribution is -0.0162. The minimum atomic E-state index is -0.934. The summed E-state index contributed by atoms with van der Waals surface area (Å²) in [6.45, 7) is 5.15. The molecule has 2 N–H and O–H groups in total. The van der Waals surface area contributed by atoms with E-state index in [9.17, 15) is 5.11 Å². The van der Waals surface area contributed by atoms with Crippen LogP contribution in [0.2, 0.25) is 0 Å². The van der Waals surface area contributed by atoms with Crippen LogP contribution >= 0.6 is 0 Å². The van der Waals surface area contributed by atoms with Gasteiger partial charge in [0.2, 0.25) is 0 Å². The molecule has 0 amide bonds. The first-order valence-electron chi connectivity index (χ1n) is 12.8. The third-order valence-corrected chi connectivity index (χ3v) is 7.60. The van der Waals surface area contributed by atoms with Crippen molar-refractivity contribution in [3.8, 4) is 0 Å². The van der Waals surface area contributed by atoms with Crippen molar-refractivity contribution in [2.45, 2.75) is 56.7 Å². The number of hydrogen-bond donors (Lipinski definition) is 2. The predicted molar refractivity (Wildman–Crippen MR) is 141 cm³/mol. The Kier molecular flexibility index (Phi) is 6.59. The van der Waals surface area contributed by atoms with Gasteiger partial charge in [-0.05, 0) is 55.8 Å². The zero-order valence-electron chi connectivity index (χ0n) is 20.7. The summed E-state index contributed by atoms with van der Waals surface area (Å²) in [7, 11) is 0. The summed E-state index contributed by atoms with van der Waals surface area (Å²) in [6, 6.07) is 32.2. The Morgan fingerprint density at radius 2 is 1.43 bits per heavy atom. The smallest absolute Gasteiger partial charge is 0.121 e. The molecular formula is C31H35N3O. The highest BCUT2D eigenvalue weighted by Gasteiger charge is 2.43. The molecule has 0 spiro atoms. The molecule has 0 saturated heterocycles. The fraction of sp³-hybridized carbons (Fsp3) is 0.323. The summed E-state index contributed by atoms with van der Waals surface area (Å²) in [5, 5.41) is 15.4. The third kappa shape index (κ3) is 4.11. The molecule has 5 rings (SSSR count). The van der Waals surface area contributed by atoms with Crippen LogP contribution in [-0.2, 0) is 11.1 Å². The van der Waals surface area contributed by atoms with Crippen LogP contribution in [0.1, 0.15) is 60.7 Å². The van der Waals surface area contributed by atoms with Crippen LogP contribution in [0.5, 0.6) is 0 Å². The normalized spacial score (nSPS) is 20.6. The van der Waals surface area contributed by atoms with E-state index in [4.69, 9.17) is 4.98 Å². The average Bonchev–Trinajstić information content (AvgIpc) is 3.29. The van der Waals surface area contributed by atoms with Gasteiger partial charge in [-0.1, -0.05) is 97.9 Å². The molecule has 35 heavy (non-hydrogen) atoms. The van der Waals surface area contributed by atoms with Crippen molar-refractivity contribution < 1.29 is 5.11 Å². The van der Waals surface area contributed by atoms with Crippen molar-refractivity contribution in [3.05, 3.63) is 125 Å². The van der Waals surface area contributed by atoms with Gasteiger partial charge in [0.05, 0.1) is 12.0 Å². The fourth-order valence-electron chi connectivity index (χ4n) is 6.09. The summed E-state index contributed by atoms with van der Waals surface area (Å²) in [5.74, 6) is 0. The van der Waals surface area contributed by atoms with E-state index in [2.05, 4.69) is 115 Å². The average molecular weight is 466 g/mol. The fourth-order valence-corrected chi connectivity index (χ4v) is 6.09. The number of rotatable bonds is 7. The first kappa shape index (κ1) is 23.5. The van der Waals surface area contributed by atoms with Gasteiger partial charge >= 0.3 is 0 Å². The highest BCUT2D eigenvalue weighted by Crippen LogP contribution is 2.44. The number of aliphatic hydroxyl groups is 1. The Hall–Kier alpha value is -3.21. The Morgan fingerprint density at radius 3 is 1.91 bits per heavy atom. The minimum Gasteiger partial charge on any atom is -0.383 e. The first-order valence-corrected chi connectivity index (χ1v) is 12.8. The molecule has 2 unspecified atom stereocenters. The summed E-state index contributed by atoms with van der Waals surface area (Å²) in [6.07, 6.45) is 5.45. The van der Waals surface area contributed by atoms with Gasteiger partial charge in [-0.15, -0.1) is 0 Å². The van der Waals surface area contributed by atoms with Crippen LogP contribution < -0.4 is 5.32 Å².